The number of hydrogen-bond donors (Lipinski definition) is 0. The van der Waals surface area contributed by atoms with Gasteiger partial charge in [-0.15, -0.1) is 0 Å². The molecular formula is C8H6BrF2NO2. The Morgan fingerprint density at radius 2 is 2.29 bits per heavy atom. The van der Waals surface area contributed by atoms with Gasteiger partial charge in [0.1, 0.15) is 16.0 Å². The predicted molar refractivity (Wildman–Crippen MR) is 48.8 cm³/mol. The van der Waals surface area contributed by atoms with Crippen LogP contribution in [0, 0.1) is 0 Å². The standard InChI is InChI=1S/C8H6BrF2NO2/c1-14-5-2-4(3-13)7(9)12-6(5)8(10)11/h2-3,8H,1H3. The summed E-state index contributed by atoms with van der Waals surface area (Å²) >= 11 is 2.91. The van der Waals surface area contributed by atoms with Crippen LogP contribution in [-0.4, -0.2) is 18.4 Å². The summed E-state index contributed by atoms with van der Waals surface area (Å²) in [7, 11) is 1.24. The highest BCUT2D eigenvalue weighted by molar-refractivity contribution is 9.10. The van der Waals surface area contributed by atoms with Crippen molar-refractivity contribution in [3.8, 4) is 5.75 Å². The van der Waals surface area contributed by atoms with Crippen LogP contribution in [0.4, 0.5) is 8.78 Å². The Morgan fingerprint density at radius 1 is 1.64 bits per heavy atom. The smallest absolute Gasteiger partial charge is 0.284 e. The Hall–Kier alpha value is -1.04. The number of halogens is 3. The highest BCUT2D eigenvalue weighted by atomic mass is 79.9. The molecule has 0 N–H and O–H groups in total. The van der Waals surface area contributed by atoms with Crippen molar-refractivity contribution in [2.24, 2.45) is 0 Å². The van der Waals surface area contributed by atoms with E-state index >= 15 is 0 Å². The second kappa shape index (κ2) is 4.45. The summed E-state index contributed by atoms with van der Waals surface area (Å²) in [4.78, 5) is 14.0. The number of methoxy groups -OCH3 is 1. The molecule has 3 nitrogen and oxygen atoms in total. The van der Waals surface area contributed by atoms with Gasteiger partial charge >= 0.3 is 0 Å². The molecule has 0 atom stereocenters. The summed E-state index contributed by atoms with van der Waals surface area (Å²) in [5.41, 5.74) is -0.309. The molecule has 0 saturated heterocycles. The molecule has 6 heteroatoms. The van der Waals surface area contributed by atoms with Gasteiger partial charge in [-0.3, -0.25) is 4.79 Å². The van der Waals surface area contributed by atoms with E-state index < -0.39 is 12.1 Å². The first-order valence-corrected chi connectivity index (χ1v) is 4.37. The third-order valence-corrected chi connectivity index (χ3v) is 2.18. The minimum absolute atomic E-state index is 0.0867. The number of carbonyl (C=O) groups excluding carboxylic acids is 1. The Balaban J connectivity index is 3.31. The quantitative estimate of drug-likeness (QED) is 0.623. The average Bonchev–Trinajstić information content (AvgIpc) is 2.17. The molecule has 0 spiro atoms. The third kappa shape index (κ3) is 2.06. The molecule has 1 rings (SSSR count). The topological polar surface area (TPSA) is 39.2 Å². The number of carbonyl (C=O) groups is 1. The summed E-state index contributed by atoms with van der Waals surface area (Å²) in [6.45, 7) is 0. The molecule has 14 heavy (non-hydrogen) atoms. The van der Waals surface area contributed by atoms with Gasteiger partial charge < -0.3 is 4.74 Å². The molecular weight excluding hydrogens is 260 g/mol. The van der Waals surface area contributed by atoms with E-state index in [-0.39, 0.29) is 15.9 Å². The van der Waals surface area contributed by atoms with E-state index in [4.69, 9.17) is 0 Å². The first-order chi connectivity index (χ1) is 6.60. The fourth-order valence-corrected chi connectivity index (χ4v) is 1.30. The highest BCUT2D eigenvalue weighted by Gasteiger charge is 2.18. The van der Waals surface area contributed by atoms with Crippen molar-refractivity contribution in [3.63, 3.8) is 0 Å². The van der Waals surface area contributed by atoms with Crippen molar-refractivity contribution < 1.29 is 18.3 Å². The van der Waals surface area contributed by atoms with Gasteiger partial charge in [0, 0.05) is 0 Å². The second-order valence-electron chi connectivity index (χ2n) is 2.37. The predicted octanol–water partition coefficient (Wildman–Crippen LogP) is 2.60. The fraction of sp³-hybridized carbons (Fsp3) is 0.250. The number of nitrogens with zero attached hydrogens (tertiary/aromatic N) is 1. The summed E-state index contributed by atoms with van der Waals surface area (Å²) in [6.07, 6.45) is -2.23. The molecule has 0 unspecified atom stereocenters. The molecule has 0 aliphatic rings. The van der Waals surface area contributed by atoms with Crippen LogP contribution in [0.2, 0.25) is 0 Å². The van der Waals surface area contributed by atoms with E-state index in [1.807, 2.05) is 0 Å². The Kier molecular flexibility index (Phi) is 3.51. The fourth-order valence-electron chi connectivity index (χ4n) is 0.903. The zero-order chi connectivity index (χ0) is 10.7. The van der Waals surface area contributed by atoms with Crippen LogP contribution in [0.5, 0.6) is 5.75 Å². The largest absolute Gasteiger partial charge is 0.495 e. The molecule has 1 aromatic heterocycles. The SMILES string of the molecule is COc1cc(C=O)c(Br)nc1C(F)F. The van der Waals surface area contributed by atoms with Gasteiger partial charge in [0.2, 0.25) is 0 Å². The lowest BCUT2D eigenvalue weighted by molar-refractivity contribution is 0.111. The Bertz CT molecular complexity index is 357. The normalized spacial score (nSPS) is 10.4. The van der Waals surface area contributed by atoms with Gasteiger partial charge in [0.25, 0.3) is 6.43 Å². The van der Waals surface area contributed by atoms with Crippen molar-refractivity contribution in [2.45, 2.75) is 6.43 Å². The van der Waals surface area contributed by atoms with Crippen LogP contribution in [0.25, 0.3) is 0 Å². The van der Waals surface area contributed by atoms with Gasteiger partial charge in [-0.1, -0.05) is 0 Å². The molecule has 0 saturated carbocycles. The highest BCUT2D eigenvalue weighted by Crippen LogP contribution is 2.30. The number of pyridine rings is 1. The Morgan fingerprint density at radius 3 is 2.71 bits per heavy atom. The zero-order valence-corrected chi connectivity index (χ0v) is 8.72. The molecule has 0 aliphatic heterocycles. The van der Waals surface area contributed by atoms with Gasteiger partial charge in [-0.05, 0) is 22.0 Å². The number of ether oxygens (including phenoxy) is 1. The number of rotatable bonds is 3. The van der Waals surface area contributed by atoms with E-state index in [0.717, 1.165) is 0 Å². The van der Waals surface area contributed by atoms with Crippen LogP contribution < -0.4 is 4.74 Å². The van der Waals surface area contributed by atoms with E-state index in [9.17, 15) is 13.6 Å². The van der Waals surface area contributed by atoms with Crippen molar-refractivity contribution in [2.75, 3.05) is 7.11 Å². The Labute approximate surface area is 87.2 Å². The van der Waals surface area contributed by atoms with E-state index in [1.165, 1.54) is 13.2 Å². The lowest BCUT2D eigenvalue weighted by atomic mass is 10.2. The second-order valence-corrected chi connectivity index (χ2v) is 3.13. The molecule has 0 bridgehead atoms. The average molecular weight is 266 g/mol. The third-order valence-electron chi connectivity index (χ3n) is 1.55. The first-order valence-electron chi connectivity index (χ1n) is 3.58. The number of alkyl halides is 2. The van der Waals surface area contributed by atoms with Gasteiger partial charge in [-0.2, -0.15) is 0 Å². The maximum atomic E-state index is 12.4. The van der Waals surface area contributed by atoms with Gasteiger partial charge in [0.15, 0.2) is 6.29 Å². The van der Waals surface area contributed by atoms with Crippen LogP contribution in [0.3, 0.4) is 0 Å². The first kappa shape index (κ1) is 11.0. The summed E-state index contributed by atoms with van der Waals surface area (Å²) in [6, 6.07) is 1.21. The number of aromatic nitrogens is 1. The molecule has 1 aromatic rings. The lowest BCUT2D eigenvalue weighted by Crippen LogP contribution is -1.99. The minimum Gasteiger partial charge on any atom is -0.495 e. The summed E-state index contributed by atoms with van der Waals surface area (Å²) < 4.78 is 29.5. The molecule has 0 amide bonds. The van der Waals surface area contributed by atoms with Crippen molar-refractivity contribution >= 4 is 22.2 Å². The van der Waals surface area contributed by atoms with E-state index in [0.29, 0.717) is 6.29 Å². The molecule has 0 fully saturated rings. The van der Waals surface area contributed by atoms with Gasteiger partial charge in [0.05, 0.1) is 12.7 Å². The van der Waals surface area contributed by atoms with Crippen molar-refractivity contribution in [1.29, 1.82) is 0 Å². The van der Waals surface area contributed by atoms with Crippen molar-refractivity contribution in [1.82, 2.24) is 4.98 Å². The number of hydrogen-bond acceptors (Lipinski definition) is 3. The van der Waals surface area contributed by atoms with Crippen molar-refractivity contribution in [3.05, 3.63) is 21.9 Å². The summed E-state index contributed by atoms with van der Waals surface area (Å²) in [5, 5.41) is 0. The maximum Gasteiger partial charge on any atom is 0.284 e. The van der Waals surface area contributed by atoms with Crippen LogP contribution in [-0.2, 0) is 0 Å². The molecule has 0 aromatic carbocycles. The zero-order valence-electron chi connectivity index (χ0n) is 7.13. The van der Waals surface area contributed by atoms with E-state index in [1.54, 1.807) is 0 Å². The minimum atomic E-state index is -2.73. The molecule has 0 radical (unpaired) electrons. The number of aldehydes is 1. The van der Waals surface area contributed by atoms with Gasteiger partial charge in [-0.25, -0.2) is 13.8 Å². The van der Waals surface area contributed by atoms with Crippen LogP contribution >= 0.6 is 15.9 Å². The lowest BCUT2D eigenvalue weighted by Gasteiger charge is -2.08. The van der Waals surface area contributed by atoms with E-state index in [2.05, 4.69) is 25.7 Å². The van der Waals surface area contributed by atoms with Crippen LogP contribution in [0.1, 0.15) is 22.5 Å². The molecule has 1 heterocycles. The monoisotopic (exact) mass is 265 g/mol. The summed E-state index contributed by atoms with van der Waals surface area (Å²) in [5.74, 6) is -0.0923. The molecule has 76 valence electrons. The maximum absolute atomic E-state index is 12.4. The molecule has 0 aliphatic carbocycles. The van der Waals surface area contributed by atoms with Crippen LogP contribution in [0.15, 0.2) is 10.7 Å².